The molecule has 1 aliphatic heterocycles. The first-order valence-corrected chi connectivity index (χ1v) is 9.43. The summed E-state index contributed by atoms with van der Waals surface area (Å²) in [6.45, 7) is 11.0. The number of piperazine rings is 1. The zero-order valence-electron chi connectivity index (χ0n) is 15.8. The van der Waals surface area contributed by atoms with Gasteiger partial charge in [0.2, 0.25) is 5.95 Å². The fourth-order valence-electron chi connectivity index (χ4n) is 3.15. The Labute approximate surface area is 156 Å². The molecule has 1 aliphatic rings. The molecule has 3 rings (SSSR count). The highest BCUT2D eigenvalue weighted by Gasteiger charge is 2.19. The molecule has 0 bridgehead atoms. The maximum atomic E-state index is 4.71. The van der Waals surface area contributed by atoms with Crippen LogP contribution < -0.4 is 9.80 Å². The van der Waals surface area contributed by atoms with Crippen molar-refractivity contribution < 1.29 is 0 Å². The molecule has 0 saturated carbocycles. The van der Waals surface area contributed by atoms with Gasteiger partial charge in [-0.3, -0.25) is 4.90 Å². The molecule has 138 valence electrons. The van der Waals surface area contributed by atoms with Crippen LogP contribution in [-0.4, -0.2) is 65.9 Å². The number of hydrogen-bond donors (Lipinski definition) is 0. The van der Waals surface area contributed by atoms with Gasteiger partial charge in [-0.05, 0) is 19.4 Å². The molecule has 6 heteroatoms. The average Bonchev–Trinajstić information content (AvgIpc) is 2.71. The highest BCUT2D eigenvalue weighted by molar-refractivity contribution is 5.48. The summed E-state index contributed by atoms with van der Waals surface area (Å²) in [5.74, 6) is 1.65. The molecule has 0 amide bonds. The van der Waals surface area contributed by atoms with Crippen LogP contribution in [0.5, 0.6) is 0 Å². The molecule has 6 nitrogen and oxygen atoms in total. The average molecular weight is 352 g/mol. The molecule has 0 spiro atoms. The first kappa shape index (κ1) is 18.3. The Morgan fingerprint density at radius 1 is 1.04 bits per heavy atom. The van der Waals surface area contributed by atoms with Crippen molar-refractivity contribution in [1.82, 2.24) is 20.1 Å². The second kappa shape index (κ2) is 9.29. The Kier molecular flexibility index (Phi) is 6.55. The standard InChI is InChI=1S/C20H28N6/c1-3-25(4-2)19-17-21-23-20(22-19)26-15-13-24(14-16-26)12-8-11-18-9-6-5-7-10-18/h5-11,17H,3-4,12-16H2,1-2H3/b11-8+. The van der Waals surface area contributed by atoms with Crippen LogP contribution in [0.4, 0.5) is 11.8 Å². The quantitative estimate of drug-likeness (QED) is 0.763. The van der Waals surface area contributed by atoms with Gasteiger partial charge in [0, 0.05) is 45.8 Å². The fourth-order valence-corrected chi connectivity index (χ4v) is 3.15. The van der Waals surface area contributed by atoms with Crippen molar-refractivity contribution in [3.05, 3.63) is 48.2 Å². The molecule has 0 atom stereocenters. The molecule has 0 N–H and O–H groups in total. The summed E-state index contributed by atoms with van der Waals surface area (Å²) in [4.78, 5) is 11.6. The first-order chi connectivity index (χ1) is 12.8. The van der Waals surface area contributed by atoms with E-state index in [9.17, 15) is 0 Å². The Morgan fingerprint density at radius 2 is 1.77 bits per heavy atom. The van der Waals surface area contributed by atoms with Crippen molar-refractivity contribution in [2.24, 2.45) is 0 Å². The molecule has 2 heterocycles. The molecule has 0 aliphatic carbocycles. The van der Waals surface area contributed by atoms with Crippen LogP contribution in [0.2, 0.25) is 0 Å². The van der Waals surface area contributed by atoms with Crippen LogP contribution in [0, 0.1) is 0 Å². The van der Waals surface area contributed by atoms with Gasteiger partial charge in [0.05, 0.1) is 6.20 Å². The van der Waals surface area contributed by atoms with Crippen LogP contribution >= 0.6 is 0 Å². The van der Waals surface area contributed by atoms with Gasteiger partial charge in [-0.15, -0.1) is 5.10 Å². The predicted octanol–water partition coefficient (Wildman–Crippen LogP) is 2.55. The number of aromatic nitrogens is 3. The molecule has 26 heavy (non-hydrogen) atoms. The summed E-state index contributed by atoms with van der Waals surface area (Å²) in [5, 5.41) is 8.40. The maximum Gasteiger partial charge on any atom is 0.247 e. The van der Waals surface area contributed by atoms with E-state index in [1.165, 1.54) is 5.56 Å². The fraction of sp³-hybridized carbons (Fsp3) is 0.450. The summed E-state index contributed by atoms with van der Waals surface area (Å²) >= 11 is 0. The summed E-state index contributed by atoms with van der Waals surface area (Å²) in [6.07, 6.45) is 6.18. The highest BCUT2D eigenvalue weighted by atomic mass is 15.4. The monoisotopic (exact) mass is 352 g/mol. The zero-order valence-corrected chi connectivity index (χ0v) is 15.8. The lowest BCUT2D eigenvalue weighted by Crippen LogP contribution is -2.47. The van der Waals surface area contributed by atoms with Crippen molar-refractivity contribution >= 4 is 17.8 Å². The van der Waals surface area contributed by atoms with Crippen molar-refractivity contribution in [2.45, 2.75) is 13.8 Å². The van der Waals surface area contributed by atoms with E-state index in [0.717, 1.165) is 57.6 Å². The highest BCUT2D eigenvalue weighted by Crippen LogP contribution is 2.15. The smallest absolute Gasteiger partial charge is 0.247 e. The van der Waals surface area contributed by atoms with Crippen molar-refractivity contribution in [3.8, 4) is 0 Å². The van der Waals surface area contributed by atoms with Crippen molar-refractivity contribution in [3.63, 3.8) is 0 Å². The van der Waals surface area contributed by atoms with Gasteiger partial charge in [0.15, 0.2) is 5.82 Å². The number of anilines is 2. The largest absolute Gasteiger partial charge is 0.356 e. The summed E-state index contributed by atoms with van der Waals surface area (Å²) < 4.78 is 0. The molecular weight excluding hydrogens is 324 g/mol. The second-order valence-electron chi connectivity index (χ2n) is 6.39. The number of nitrogens with zero attached hydrogens (tertiary/aromatic N) is 6. The van der Waals surface area contributed by atoms with Crippen molar-refractivity contribution in [2.75, 3.05) is 55.6 Å². The van der Waals surface area contributed by atoms with E-state index in [1.54, 1.807) is 6.20 Å². The van der Waals surface area contributed by atoms with Crippen LogP contribution in [-0.2, 0) is 0 Å². The number of rotatable bonds is 7. The van der Waals surface area contributed by atoms with Gasteiger partial charge in [0.25, 0.3) is 0 Å². The Balaban J connectivity index is 1.52. The van der Waals surface area contributed by atoms with E-state index in [-0.39, 0.29) is 0 Å². The summed E-state index contributed by atoms with van der Waals surface area (Å²) in [6, 6.07) is 10.4. The van der Waals surface area contributed by atoms with E-state index in [4.69, 9.17) is 4.98 Å². The molecule has 1 aromatic carbocycles. The van der Waals surface area contributed by atoms with E-state index in [2.05, 4.69) is 75.2 Å². The van der Waals surface area contributed by atoms with Crippen LogP contribution in [0.3, 0.4) is 0 Å². The third-order valence-electron chi connectivity index (χ3n) is 4.75. The Hall–Kier alpha value is -2.47. The molecular formula is C20H28N6. The van der Waals surface area contributed by atoms with Gasteiger partial charge in [-0.25, -0.2) is 0 Å². The lowest BCUT2D eigenvalue weighted by Gasteiger charge is -2.34. The molecule has 0 radical (unpaired) electrons. The molecule has 2 aromatic rings. The lowest BCUT2D eigenvalue weighted by molar-refractivity contribution is 0.282. The summed E-state index contributed by atoms with van der Waals surface area (Å²) in [5.41, 5.74) is 1.25. The van der Waals surface area contributed by atoms with E-state index in [1.807, 2.05) is 6.07 Å². The van der Waals surface area contributed by atoms with Gasteiger partial charge in [-0.2, -0.15) is 10.1 Å². The molecule has 0 unspecified atom stereocenters. The van der Waals surface area contributed by atoms with E-state index >= 15 is 0 Å². The normalized spacial score (nSPS) is 15.5. The van der Waals surface area contributed by atoms with Crippen LogP contribution in [0.25, 0.3) is 6.08 Å². The lowest BCUT2D eigenvalue weighted by atomic mass is 10.2. The molecule has 1 fully saturated rings. The van der Waals surface area contributed by atoms with Crippen LogP contribution in [0.15, 0.2) is 42.6 Å². The number of benzene rings is 1. The summed E-state index contributed by atoms with van der Waals surface area (Å²) in [7, 11) is 0. The molecule has 1 aromatic heterocycles. The molecule has 1 saturated heterocycles. The minimum atomic E-state index is 0.744. The minimum absolute atomic E-state index is 0.744. The zero-order chi connectivity index (χ0) is 18.2. The first-order valence-electron chi connectivity index (χ1n) is 9.43. The van der Waals surface area contributed by atoms with Gasteiger partial charge >= 0.3 is 0 Å². The Bertz CT molecular complexity index is 690. The Morgan fingerprint density at radius 3 is 2.46 bits per heavy atom. The van der Waals surface area contributed by atoms with Gasteiger partial charge in [0.1, 0.15) is 0 Å². The predicted molar refractivity (Wildman–Crippen MR) is 108 cm³/mol. The number of hydrogen-bond acceptors (Lipinski definition) is 6. The van der Waals surface area contributed by atoms with Gasteiger partial charge < -0.3 is 9.80 Å². The second-order valence-corrected chi connectivity index (χ2v) is 6.39. The van der Waals surface area contributed by atoms with Gasteiger partial charge in [-0.1, -0.05) is 42.5 Å². The van der Waals surface area contributed by atoms with E-state index in [0.29, 0.717) is 0 Å². The van der Waals surface area contributed by atoms with Crippen molar-refractivity contribution in [1.29, 1.82) is 0 Å². The SMILES string of the molecule is CCN(CC)c1cnnc(N2CCN(C/C=C/c3ccccc3)CC2)n1. The van der Waals surface area contributed by atoms with Crippen LogP contribution in [0.1, 0.15) is 19.4 Å². The third kappa shape index (κ3) is 4.79. The van der Waals surface area contributed by atoms with E-state index < -0.39 is 0 Å². The minimum Gasteiger partial charge on any atom is -0.356 e. The maximum absolute atomic E-state index is 4.71. The third-order valence-corrected chi connectivity index (χ3v) is 4.75. The topological polar surface area (TPSA) is 48.4 Å².